The molecule has 0 bridgehead atoms. The van der Waals surface area contributed by atoms with E-state index >= 15 is 0 Å². The molecule has 0 saturated heterocycles. The summed E-state index contributed by atoms with van der Waals surface area (Å²) >= 11 is 0. The largest absolute Gasteiger partial charge is 0.493 e. The minimum atomic E-state index is -3.19. The second-order valence-electron chi connectivity index (χ2n) is 4.23. The van der Waals surface area contributed by atoms with Gasteiger partial charge in [-0.1, -0.05) is 0 Å². The fourth-order valence-electron chi connectivity index (χ4n) is 1.78. The first-order chi connectivity index (χ1) is 9.97. The second-order valence-corrected chi connectivity index (χ2v) is 6.28. The van der Waals surface area contributed by atoms with Crippen molar-refractivity contribution in [3.63, 3.8) is 0 Å². The van der Waals surface area contributed by atoms with Crippen LogP contribution in [0, 0.1) is 0 Å². The number of sulfonamides is 1. The highest BCUT2D eigenvalue weighted by molar-refractivity contribution is 7.89. The molecule has 0 fully saturated rings. The predicted molar refractivity (Wildman–Crippen MR) is 80.7 cm³/mol. The van der Waals surface area contributed by atoms with E-state index in [2.05, 4.69) is 10.0 Å². The Bertz CT molecular complexity index is 535. The molecule has 0 atom stereocenters. The normalized spacial score (nSPS) is 11.2. The summed E-state index contributed by atoms with van der Waals surface area (Å²) in [5, 5.41) is 3.06. The Morgan fingerprint density at radius 2 is 1.62 bits per heavy atom. The number of ether oxygens (including phenoxy) is 3. The average molecular weight is 318 g/mol. The van der Waals surface area contributed by atoms with Crippen LogP contribution in [0.1, 0.15) is 5.56 Å². The quantitative estimate of drug-likeness (QED) is 0.639. The van der Waals surface area contributed by atoms with E-state index < -0.39 is 10.0 Å². The zero-order chi connectivity index (χ0) is 15.9. The molecule has 0 unspecified atom stereocenters. The van der Waals surface area contributed by atoms with Gasteiger partial charge in [-0.15, -0.1) is 0 Å². The van der Waals surface area contributed by atoms with E-state index in [4.69, 9.17) is 14.2 Å². The van der Waals surface area contributed by atoms with E-state index in [-0.39, 0.29) is 5.75 Å². The fourth-order valence-corrected chi connectivity index (χ4v) is 2.40. The molecule has 1 aromatic carbocycles. The highest BCUT2D eigenvalue weighted by Gasteiger charge is 2.13. The van der Waals surface area contributed by atoms with Crippen LogP contribution in [0.4, 0.5) is 0 Å². The van der Waals surface area contributed by atoms with E-state index in [9.17, 15) is 8.42 Å². The molecule has 0 aromatic heterocycles. The van der Waals surface area contributed by atoms with Crippen LogP contribution in [-0.2, 0) is 16.6 Å². The van der Waals surface area contributed by atoms with Gasteiger partial charge in [-0.2, -0.15) is 0 Å². The number of methoxy groups -OCH3 is 3. The van der Waals surface area contributed by atoms with Crippen LogP contribution in [0.5, 0.6) is 17.2 Å². The molecule has 0 aliphatic heterocycles. The van der Waals surface area contributed by atoms with Gasteiger partial charge < -0.3 is 19.5 Å². The summed E-state index contributed by atoms with van der Waals surface area (Å²) in [4.78, 5) is 0. The van der Waals surface area contributed by atoms with E-state index in [1.165, 1.54) is 7.05 Å². The summed E-state index contributed by atoms with van der Waals surface area (Å²) in [7, 11) is 2.85. The molecule has 1 rings (SSSR count). The van der Waals surface area contributed by atoms with E-state index in [0.717, 1.165) is 5.56 Å². The molecule has 0 radical (unpaired) electrons. The zero-order valence-corrected chi connectivity index (χ0v) is 13.5. The number of nitrogens with one attached hydrogen (secondary N) is 2. The molecular formula is C13H22N2O5S. The highest BCUT2D eigenvalue weighted by atomic mass is 32.2. The molecule has 0 heterocycles. The summed E-state index contributed by atoms with van der Waals surface area (Å²) in [5.41, 5.74) is 0.909. The third kappa shape index (κ3) is 5.07. The van der Waals surface area contributed by atoms with Gasteiger partial charge in [0.05, 0.1) is 27.1 Å². The van der Waals surface area contributed by atoms with Crippen LogP contribution in [0.3, 0.4) is 0 Å². The Labute approximate surface area is 125 Å². The van der Waals surface area contributed by atoms with Crippen LogP contribution in [0.25, 0.3) is 0 Å². The van der Waals surface area contributed by atoms with Crippen molar-refractivity contribution < 1.29 is 22.6 Å². The minimum absolute atomic E-state index is 0.0218. The van der Waals surface area contributed by atoms with Crippen molar-refractivity contribution in [3.05, 3.63) is 17.7 Å². The van der Waals surface area contributed by atoms with Crippen molar-refractivity contribution >= 4 is 10.0 Å². The van der Waals surface area contributed by atoms with E-state index in [0.29, 0.717) is 30.3 Å². The third-order valence-corrected chi connectivity index (χ3v) is 4.28. The standard InChI is InChI=1S/C13H22N2O5S/c1-14-21(16,17)6-5-15-9-10-7-11(18-2)13(20-4)12(8-10)19-3/h7-8,14-15H,5-6,9H2,1-4H3. The van der Waals surface area contributed by atoms with Crippen molar-refractivity contribution in [2.45, 2.75) is 6.54 Å². The molecule has 7 nitrogen and oxygen atoms in total. The molecule has 2 N–H and O–H groups in total. The Balaban J connectivity index is 2.72. The lowest BCUT2D eigenvalue weighted by Crippen LogP contribution is -2.29. The van der Waals surface area contributed by atoms with Crippen molar-refractivity contribution in [1.82, 2.24) is 10.0 Å². The molecule has 0 amide bonds. The smallest absolute Gasteiger partial charge is 0.212 e. The topological polar surface area (TPSA) is 85.9 Å². The lowest BCUT2D eigenvalue weighted by Gasteiger charge is -2.14. The van der Waals surface area contributed by atoms with E-state index in [1.54, 1.807) is 21.3 Å². The van der Waals surface area contributed by atoms with Crippen LogP contribution >= 0.6 is 0 Å². The van der Waals surface area contributed by atoms with Gasteiger partial charge in [0.15, 0.2) is 11.5 Å². The predicted octanol–water partition coefficient (Wildman–Crippen LogP) is 0.351. The summed E-state index contributed by atoms with van der Waals surface area (Å²) in [6.07, 6.45) is 0. The number of rotatable bonds is 9. The van der Waals surface area contributed by atoms with Crippen molar-refractivity contribution in [2.75, 3.05) is 40.7 Å². The lowest BCUT2D eigenvalue weighted by atomic mass is 10.2. The Morgan fingerprint density at radius 3 is 2.05 bits per heavy atom. The molecule has 0 saturated carbocycles. The number of hydrogen-bond donors (Lipinski definition) is 2. The molecular weight excluding hydrogens is 296 g/mol. The zero-order valence-electron chi connectivity index (χ0n) is 12.7. The molecule has 1 aromatic rings. The van der Waals surface area contributed by atoms with Gasteiger partial charge in [0, 0.05) is 13.1 Å². The maximum absolute atomic E-state index is 11.3. The Hall–Kier alpha value is -1.51. The van der Waals surface area contributed by atoms with Crippen molar-refractivity contribution in [3.8, 4) is 17.2 Å². The van der Waals surface area contributed by atoms with Crippen molar-refractivity contribution in [1.29, 1.82) is 0 Å². The molecule has 120 valence electrons. The van der Waals surface area contributed by atoms with Gasteiger partial charge in [0.1, 0.15) is 0 Å². The molecule has 0 spiro atoms. The monoisotopic (exact) mass is 318 g/mol. The summed E-state index contributed by atoms with van der Waals surface area (Å²) in [5.74, 6) is 1.68. The van der Waals surface area contributed by atoms with Gasteiger partial charge >= 0.3 is 0 Å². The Morgan fingerprint density at radius 1 is 1.05 bits per heavy atom. The maximum Gasteiger partial charge on any atom is 0.212 e. The summed E-state index contributed by atoms with van der Waals surface area (Å²) in [6, 6.07) is 3.64. The van der Waals surface area contributed by atoms with Gasteiger partial charge in [0.2, 0.25) is 15.8 Å². The SMILES string of the molecule is CNS(=O)(=O)CCNCc1cc(OC)c(OC)c(OC)c1. The summed E-state index contributed by atoms with van der Waals surface area (Å²) < 4.78 is 40.6. The Kier molecular flexibility index (Phi) is 6.73. The first-order valence-corrected chi connectivity index (χ1v) is 8.03. The number of hydrogen-bond acceptors (Lipinski definition) is 6. The van der Waals surface area contributed by atoms with Crippen LogP contribution < -0.4 is 24.2 Å². The first kappa shape index (κ1) is 17.5. The molecule has 8 heteroatoms. The second kappa shape index (κ2) is 8.06. The molecule has 0 aliphatic rings. The van der Waals surface area contributed by atoms with E-state index in [1.807, 2.05) is 12.1 Å². The van der Waals surface area contributed by atoms with Crippen LogP contribution in [0.15, 0.2) is 12.1 Å². The van der Waals surface area contributed by atoms with Gasteiger partial charge in [-0.05, 0) is 24.7 Å². The summed E-state index contributed by atoms with van der Waals surface area (Å²) in [6.45, 7) is 0.843. The van der Waals surface area contributed by atoms with Crippen molar-refractivity contribution in [2.24, 2.45) is 0 Å². The number of benzene rings is 1. The van der Waals surface area contributed by atoms with Gasteiger partial charge in [-0.3, -0.25) is 0 Å². The van der Waals surface area contributed by atoms with Crippen LogP contribution in [-0.4, -0.2) is 49.1 Å². The third-order valence-electron chi connectivity index (χ3n) is 2.91. The van der Waals surface area contributed by atoms with Gasteiger partial charge in [-0.25, -0.2) is 13.1 Å². The minimum Gasteiger partial charge on any atom is -0.493 e. The molecule has 21 heavy (non-hydrogen) atoms. The highest BCUT2D eigenvalue weighted by Crippen LogP contribution is 2.38. The maximum atomic E-state index is 11.3. The first-order valence-electron chi connectivity index (χ1n) is 6.38. The molecule has 0 aliphatic carbocycles. The fraction of sp³-hybridized carbons (Fsp3) is 0.538. The van der Waals surface area contributed by atoms with Gasteiger partial charge in [0.25, 0.3) is 0 Å². The average Bonchev–Trinajstić information content (AvgIpc) is 2.50. The lowest BCUT2D eigenvalue weighted by molar-refractivity contribution is 0.323. The van der Waals surface area contributed by atoms with Crippen LogP contribution in [0.2, 0.25) is 0 Å².